The number of amides is 1. The molecule has 0 atom stereocenters. The molecule has 0 fully saturated rings. The van der Waals surface area contributed by atoms with E-state index in [4.69, 9.17) is 0 Å². The van der Waals surface area contributed by atoms with Gasteiger partial charge in [-0.15, -0.1) is 0 Å². The Kier molecular flexibility index (Phi) is 4.97. The van der Waals surface area contributed by atoms with E-state index in [1.54, 1.807) is 11.6 Å². The molecule has 1 amide bonds. The molecule has 0 aliphatic rings. The Morgan fingerprint density at radius 1 is 1.45 bits per heavy atom. The average Bonchev–Trinajstić information content (AvgIpc) is 2.79. The van der Waals surface area contributed by atoms with Crippen LogP contribution in [0.4, 0.5) is 10.1 Å². The van der Waals surface area contributed by atoms with Crippen LogP contribution in [0.1, 0.15) is 12.0 Å². The number of halogens is 1. The molecule has 1 N–H and O–H groups in total. The largest absolute Gasteiger partial charge is 0.326 e. The molecule has 0 radical (unpaired) electrons. The van der Waals surface area contributed by atoms with Gasteiger partial charge in [0.05, 0.1) is 6.54 Å². The summed E-state index contributed by atoms with van der Waals surface area (Å²) in [7, 11) is 0. The third-order valence-corrected chi connectivity index (χ3v) is 3.58. The third kappa shape index (κ3) is 3.71. The Labute approximate surface area is 124 Å². The van der Waals surface area contributed by atoms with Gasteiger partial charge >= 0.3 is 4.87 Å². The first-order chi connectivity index (χ1) is 9.60. The summed E-state index contributed by atoms with van der Waals surface area (Å²) >= 11 is 5.06. The standard InChI is InChI=1S/C13H13FN2O2S2/c14-10-1-2-11(15-12(17)3-5-19)9(7-10)8-16-4-6-20-13(16)18/h1-2,4,6-7,19H,3,5,8H2,(H,15,17). The maximum Gasteiger partial charge on any atom is 0.307 e. The van der Waals surface area contributed by atoms with Gasteiger partial charge in [-0.3, -0.25) is 9.59 Å². The Hall–Kier alpha value is -1.60. The lowest BCUT2D eigenvalue weighted by molar-refractivity contribution is -0.115. The maximum absolute atomic E-state index is 13.4. The smallest absolute Gasteiger partial charge is 0.307 e. The van der Waals surface area contributed by atoms with Crippen molar-refractivity contribution < 1.29 is 9.18 Å². The van der Waals surface area contributed by atoms with E-state index in [1.165, 1.54) is 22.8 Å². The minimum Gasteiger partial charge on any atom is -0.326 e. The van der Waals surface area contributed by atoms with Crippen LogP contribution in [0.2, 0.25) is 0 Å². The van der Waals surface area contributed by atoms with Crippen LogP contribution in [0.3, 0.4) is 0 Å². The number of benzene rings is 1. The Bertz CT molecular complexity index is 666. The highest BCUT2D eigenvalue weighted by Gasteiger charge is 2.09. The zero-order valence-corrected chi connectivity index (χ0v) is 12.2. The number of thiazole rings is 1. The lowest BCUT2D eigenvalue weighted by Gasteiger charge is -2.11. The van der Waals surface area contributed by atoms with Crippen LogP contribution in [-0.2, 0) is 11.3 Å². The summed E-state index contributed by atoms with van der Waals surface area (Å²) < 4.78 is 14.8. The van der Waals surface area contributed by atoms with Gasteiger partial charge in [-0.25, -0.2) is 4.39 Å². The molecule has 0 saturated carbocycles. The van der Waals surface area contributed by atoms with Crippen molar-refractivity contribution in [2.45, 2.75) is 13.0 Å². The van der Waals surface area contributed by atoms with Crippen molar-refractivity contribution in [2.24, 2.45) is 0 Å². The van der Waals surface area contributed by atoms with Crippen LogP contribution < -0.4 is 10.2 Å². The topological polar surface area (TPSA) is 51.1 Å². The van der Waals surface area contributed by atoms with E-state index in [1.807, 2.05) is 0 Å². The summed E-state index contributed by atoms with van der Waals surface area (Å²) in [5, 5.41) is 4.37. The summed E-state index contributed by atoms with van der Waals surface area (Å²) in [5.41, 5.74) is 1.06. The summed E-state index contributed by atoms with van der Waals surface area (Å²) in [5.74, 6) is -0.159. The van der Waals surface area contributed by atoms with Gasteiger partial charge in [0, 0.05) is 23.7 Å². The highest BCUT2D eigenvalue weighted by molar-refractivity contribution is 7.80. The predicted octanol–water partition coefficient (Wildman–Crippen LogP) is 2.36. The van der Waals surface area contributed by atoms with E-state index in [2.05, 4.69) is 17.9 Å². The highest BCUT2D eigenvalue weighted by Crippen LogP contribution is 2.18. The molecule has 1 heterocycles. The molecule has 20 heavy (non-hydrogen) atoms. The van der Waals surface area contributed by atoms with E-state index in [0.717, 1.165) is 11.3 Å². The summed E-state index contributed by atoms with van der Waals surface area (Å²) in [6.45, 7) is 0.219. The molecule has 0 spiro atoms. The molecule has 0 aliphatic heterocycles. The lowest BCUT2D eigenvalue weighted by Crippen LogP contribution is -2.17. The lowest BCUT2D eigenvalue weighted by atomic mass is 10.1. The van der Waals surface area contributed by atoms with Gasteiger partial charge in [-0.2, -0.15) is 12.6 Å². The Morgan fingerprint density at radius 3 is 2.90 bits per heavy atom. The fourth-order valence-electron chi connectivity index (χ4n) is 1.72. The van der Waals surface area contributed by atoms with E-state index in [9.17, 15) is 14.0 Å². The number of carbonyl (C=O) groups excluding carboxylic acids is 1. The molecule has 2 rings (SSSR count). The average molecular weight is 312 g/mol. The molecule has 0 aliphatic carbocycles. The highest BCUT2D eigenvalue weighted by atomic mass is 32.1. The molecule has 1 aromatic carbocycles. The van der Waals surface area contributed by atoms with Gasteiger partial charge in [-0.1, -0.05) is 11.3 Å². The zero-order valence-electron chi connectivity index (χ0n) is 10.5. The summed E-state index contributed by atoms with van der Waals surface area (Å²) in [6, 6.07) is 4.09. The number of thiol groups is 1. The van der Waals surface area contributed by atoms with E-state index >= 15 is 0 Å². The van der Waals surface area contributed by atoms with E-state index in [-0.39, 0.29) is 23.7 Å². The summed E-state index contributed by atoms with van der Waals surface area (Å²) in [4.78, 5) is 23.0. The van der Waals surface area contributed by atoms with E-state index in [0.29, 0.717) is 17.0 Å². The minimum absolute atomic E-state index is 0.123. The van der Waals surface area contributed by atoms with Crippen molar-refractivity contribution in [1.29, 1.82) is 0 Å². The van der Waals surface area contributed by atoms with Crippen LogP contribution in [-0.4, -0.2) is 16.2 Å². The van der Waals surface area contributed by atoms with Crippen LogP contribution >= 0.6 is 24.0 Å². The molecule has 0 unspecified atom stereocenters. The summed E-state index contributed by atoms with van der Waals surface area (Å²) in [6.07, 6.45) is 1.91. The monoisotopic (exact) mass is 312 g/mol. The molecule has 106 valence electrons. The van der Waals surface area contributed by atoms with Gasteiger partial charge in [-0.05, 0) is 29.5 Å². The van der Waals surface area contributed by atoms with Gasteiger partial charge in [0.1, 0.15) is 5.82 Å². The van der Waals surface area contributed by atoms with Crippen molar-refractivity contribution in [3.8, 4) is 0 Å². The SMILES string of the molecule is O=C(CCS)Nc1ccc(F)cc1Cn1ccsc1=O. The minimum atomic E-state index is -0.407. The van der Waals surface area contributed by atoms with Crippen LogP contribution in [0.5, 0.6) is 0 Å². The van der Waals surface area contributed by atoms with E-state index < -0.39 is 5.82 Å². The Morgan fingerprint density at radius 2 is 2.25 bits per heavy atom. The Balaban J connectivity index is 2.26. The second-order valence-corrected chi connectivity index (χ2v) is 5.42. The van der Waals surface area contributed by atoms with Gasteiger partial charge in [0.25, 0.3) is 0 Å². The number of hydrogen-bond acceptors (Lipinski definition) is 4. The molecule has 4 nitrogen and oxygen atoms in total. The van der Waals surface area contributed by atoms with Gasteiger partial charge in [0.15, 0.2) is 0 Å². The van der Waals surface area contributed by atoms with Crippen molar-refractivity contribution in [3.63, 3.8) is 0 Å². The molecular weight excluding hydrogens is 299 g/mol. The molecule has 7 heteroatoms. The maximum atomic E-state index is 13.4. The number of aromatic nitrogens is 1. The number of nitrogens with one attached hydrogen (secondary N) is 1. The number of anilines is 1. The second-order valence-electron chi connectivity index (χ2n) is 4.12. The first kappa shape index (κ1) is 14.8. The van der Waals surface area contributed by atoms with Crippen LogP contribution in [0.25, 0.3) is 0 Å². The van der Waals surface area contributed by atoms with Crippen molar-refractivity contribution in [2.75, 3.05) is 11.1 Å². The van der Waals surface area contributed by atoms with Crippen LogP contribution in [0, 0.1) is 5.82 Å². The molecular formula is C13H13FN2O2S2. The number of nitrogens with zero attached hydrogens (tertiary/aromatic N) is 1. The zero-order chi connectivity index (χ0) is 14.5. The molecule has 1 aromatic heterocycles. The number of rotatable bonds is 5. The normalized spacial score (nSPS) is 10.5. The van der Waals surface area contributed by atoms with Gasteiger partial charge < -0.3 is 9.88 Å². The molecule has 0 saturated heterocycles. The molecule has 2 aromatic rings. The van der Waals surface area contributed by atoms with Crippen molar-refractivity contribution >= 4 is 35.6 Å². The van der Waals surface area contributed by atoms with Crippen molar-refractivity contribution in [3.05, 3.63) is 50.8 Å². The van der Waals surface area contributed by atoms with Crippen LogP contribution in [0.15, 0.2) is 34.6 Å². The van der Waals surface area contributed by atoms with Crippen molar-refractivity contribution in [1.82, 2.24) is 4.57 Å². The fraction of sp³-hybridized carbons (Fsp3) is 0.231. The quantitative estimate of drug-likeness (QED) is 0.833. The fourth-order valence-corrected chi connectivity index (χ4v) is 2.51. The number of hydrogen-bond donors (Lipinski definition) is 2. The number of carbonyl (C=O) groups is 1. The first-order valence-corrected chi connectivity index (χ1v) is 7.44. The predicted molar refractivity (Wildman–Crippen MR) is 81.2 cm³/mol. The second kappa shape index (κ2) is 6.71. The first-order valence-electron chi connectivity index (χ1n) is 5.93. The molecule has 0 bridgehead atoms. The third-order valence-electron chi connectivity index (χ3n) is 2.67. The van der Waals surface area contributed by atoms with Gasteiger partial charge in [0.2, 0.25) is 5.91 Å².